The molecule has 98 valence electrons. The van der Waals surface area contributed by atoms with Crippen molar-refractivity contribution in [3.8, 4) is 5.75 Å². The van der Waals surface area contributed by atoms with E-state index in [9.17, 15) is 15.0 Å². The first-order valence-electron chi connectivity index (χ1n) is 5.96. The molecule has 1 fully saturated rings. The van der Waals surface area contributed by atoms with Crippen molar-refractivity contribution in [1.82, 2.24) is 10.2 Å². The van der Waals surface area contributed by atoms with Crippen LogP contribution in [-0.4, -0.2) is 53.3 Å². The molecular weight excluding hydrogens is 232 g/mol. The van der Waals surface area contributed by atoms with Crippen molar-refractivity contribution in [2.24, 2.45) is 0 Å². The summed E-state index contributed by atoms with van der Waals surface area (Å²) in [5, 5.41) is 22.5. The summed E-state index contributed by atoms with van der Waals surface area (Å²) < 4.78 is 0. The number of aromatic hydroxyl groups is 1. The normalized spacial score (nSPS) is 23.1. The lowest BCUT2D eigenvalue weighted by atomic mass is 10.1. The molecule has 1 aliphatic rings. The molecule has 3 N–H and O–H groups in total. The van der Waals surface area contributed by atoms with Gasteiger partial charge in [0.15, 0.2) is 0 Å². The van der Waals surface area contributed by atoms with Crippen LogP contribution < -0.4 is 5.32 Å². The number of rotatable bonds is 2. The van der Waals surface area contributed by atoms with Gasteiger partial charge in [0.2, 0.25) is 0 Å². The highest BCUT2D eigenvalue weighted by atomic mass is 16.3. The van der Waals surface area contributed by atoms with Crippen molar-refractivity contribution in [2.75, 3.05) is 20.1 Å². The summed E-state index contributed by atoms with van der Waals surface area (Å²) in [6.07, 6.45) is -0.564. The molecule has 0 unspecified atom stereocenters. The van der Waals surface area contributed by atoms with Gasteiger partial charge in [-0.25, -0.2) is 0 Å². The second kappa shape index (κ2) is 4.96. The molecule has 2 atom stereocenters. The van der Waals surface area contributed by atoms with Crippen LogP contribution in [0.25, 0.3) is 0 Å². The van der Waals surface area contributed by atoms with E-state index in [2.05, 4.69) is 5.32 Å². The van der Waals surface area contributed by atoms with E-state index in [0.29, 0.717) is 13.1 Å². The molecule has 1 aliphatic heterocycles. The molecule has 1 aromatic rings. The zero-order valence-corrected chi connectivity index (χ0v) is 10.6. The Balaban J connectivity index is 2.22. The first kappa shape index (κ1) is 12.9. The molecule has 0 aromatic heterocycles. The summed E-state index contributed by atoms with van der Waals surface area (Å²) in [6, 6.07) is 4.67. The SMILES string of the molecule is Cc1ccc(O)c(C(=O)N(C)[C@@H]2CNC[C@H]2O)c1. The number of nitrogens with zero attached hydrogens (tertiary/aromatic N) is 1. The summed E-state index contributed by atoms with van der Waals surface area (Å²) in [5.74, 6) is -0.304. The number of hydrogen-bond acceptors (Lipinski definition) is 4. The lowest BCUT2D eigenvalue weighted by molar-refractivity contribution is 0.0578. The number of phenols is 1. The third-order valence-electron chi connectivity index (χ3n) is 3.35. The Morgan fingerprint density at radius 3 is 2.78 bits per heavy atom. The predicted octanol–water partition coefficient (Wildman–Crippen LogP) is 0.105. The largest absolute Gasteiger partial charge is 0.507 e. The molecule has 0 radical (unpaired) electrons. The minimum absolute atomic E-state index is 0.0297. The lowest BCUT2D eigenvalue weighted by Crippen LogP contribution is -2.44. The summed E-state index contributed by atoms with van der Waals surface area (Å²) >= 11 is 0. The molecule has 18 heavy (non-hydrogen) atoms. The van der Waals surface area contributed by atoms with Crippen molar-refractivity contribution >= 4 is 5.91 Å². The fraction of sp³-hybridized carbons (Fsp3) is 0.462. The number of aryl methyl sites for hydroxylation is 1. The van der Waals surface area contributed by atoms with Gasteiger partial charge < -0.3 is 20.4 Å². The van der Waals surface area contributed by atoms with E-state index in [4.69, 9.17) is 0 Å². The topological polar surface area (TPSA) is 72.8 Å². The Kier molecular flexibility index (Phi) is 3.54. The number of β-amino-alcohol motifs (C(OH)–C–C–N with tert-alkyl or cyclic N) is 1. The van der Waals surface area contributed by atoms with E-state index in [1.165, 1.54) is 11.0 Å². The van der Waals surface area contributed by atoms with Crippen molar-refractivity contribution in [3.05, 3.63) is 29.3 Å². The number of amides is 1. The Morgan fingerprint density at radius 2 is 2.17 bits per heavy atom. The number of hydrogen-bond donors (Lipinski definition) is 3. The molecule has 1 amide bonds. The quantitative estimate of drug-likeness (QED) is 0.696. The van der Waals surface area contributed by atoms with E-state index in [0.717, 1.165) is 5.56 Å². The van der Waals surface area contributed by atoms with Crippen LogP contribution >= 0.6 is 0 Å². The summed E-state index contributed by atoms with van der Waals surface area (Å²) in [6.45, 7) is 2.92. The highest BCUT2D eigenvalue weighted by molar-refractivity contribution is 5.97. The average molecular weight is 250 g/mol. The van der Waals surface area contributed by atoms with Gasteiger partial charge in [0.25, 0.3) is 5.91 Å². The van der Waals surface area contributed by atoms with Crippen LogP contribution in [0.1, 0.15) is 15.9 Å². The van der Waals surface area contributed by atoms with Gasteiger partial charge in [0.1, 0.15) is 5.75 Å². The van der Waals surface area contributed by atoms with Gasteiger partial charge in [-0.3, -0.25) is 4.79 Å². The molecule has 5 heteroatoms. The van der Waals surface area contributed by atoms with Gasteiger partial charge in [0.05, 0.1) is 17.7 Å². The zero-order valence-electron chi connectivity index (χ0n) is 10.6. The smallest absolute Gasteiger partial charge is 0.257 e. The van der Waals surface area contributed by atoms with Crippen LogP contribution in [0.3, 0.4) is 0 Å². The molecule has 1 heterocycles. The van der Waals surface area contributed by atoms with Crippen LogP contribution in [0, 0.1) is 6.92 Å². The van der Waals surface area contributed by atoms with E-state index in [1.54, 1.807) is 19.2 Å². The molecular formula is C13H18N2O3. The van der Waals surface area contributed by atoms with Gasteiger partial charge in [-0.05, 0) is 19.1 Å². The number of phenolic OH excluding ortho intramolecular Hbond substituents is 1. The van der Waals surface area contributed by atoms with Gasteiger partial charge in [-0.1, -0.05) is 11.6 Å². The van der Waals surface area contributed by atoms with Gasteiger partial charge in [-0.15, -0.1) is 0 Å². The highest BCUT2D eigenvalue weighted by Crippen LogP contribution is 2.21. The minimum Gasteiger partial charge on any atom is -0.507 e. The Morgan fingerprint density at radius 1 is 1.44 bits per heavy atom. The van der Waals surface area contributed by atoms with Gasteiger partial charge in [-0.2, -0.15) is 0 Å². The maximum absolute atomic E-state index is 12.3. The number of benzene rings is 1. The molecule has 1 saturated heterocycles. The van der Waals surface area contributed by atoms with Crippen molar-refractivity contribution < 1.29 is 15.0 Å². The summed E-state index contributed by atoms with van der Waals surface area (Å²) in [4.78, 5) is 13.8. The number of aliphatic hydroxyl groups is 1. The maximum atomic E-state index is 12.3. The fourth-order valence-corrected chi connectivity index (χ4v) is 2.21. The zero-order chi connectivity index (χ0) is 13.3. The maximum Gasteiger partial charge on any atom is 0.257 e. The number of likely N-dealkylation sites (N-methyl/N-ethyl adjacent to an activating group) is 1. The molecule has 0 spiro atoms. The lowest BCUT2D eigenvalue weighted by Gasteiger charge is -2.26. The highest BCUT2D eigenvalue weighted by Gasteiger charge is 2.32. The Labute approximate surface area is 106 Å². The third kappa shape index (κ3) is 2.32. The molecule has 5 nitrogen and oxygen atoms in total. The van der Waals surface area contributed by atoms with Gasteiger partial charge >= 0.3 is 0 Å². The average Bonchev–Trinajstić information content (AvgIpc) is 2.77. The molecule has 0 aliphatic carbocycles. The monoisotopic (exact) mass is 250 g/mol. The molecule has 0 bridgehead atoms. The third-order valence-corrected chi connectivity index (χ3v) is 3.35. The number of aliphatic hydroxyl groups excluding tert-OH is 1. The van der Waals surface area contributed by atoms with Crippen LogP contribution in [0.4, 0.5) is 0 Å². The molecule has 0 saturated carbocycles. The van der Waals surface area contributed by atoms with Crippen LogP contribution in [0.2, 0.25) is 0 Å². The molecule has 2 rings (SSSR count). The van der Waals surface area contributed by atoms with E-state index in [-0.39, 0.29) is 23.3 Å². The van der Waals surface area contributed by atoms with Crippen LogP contribution in [-0.2, 0) is 0 Å². The van der Waals surface area contributed by atoms with E-state index in [1.807, 2.05) is 6.92 Å². The van der Waals surface area contributed by atoms with Gasteiger partial charge in [0, 0.05) is 20.1 Å². The summed E-state index contributed by atoms with van der Waals surface area (Å²) in [5.41, 5.74) is 1.19. The van der Waals surface area contributed by atoms with Crippen LogP contribution in [0.5, 0.6) is 5.75 Å². The first-order valence-corrected chi connectivity index (χ1v) is 5.96. The second-order valence-corrected chi connectivity index (χ2v) is 4.73. The first-order chi connectivity index (χ1) is 8.50. The summed E-state index contributed by atoms with van der Waals surface area (Å²) in [7, 11) is 1.64. The number of carbonyl (C=O) groups is 1. The van der Waals surface area contributed by atoms with Crippen molar-refractivity contribution in [2.45, 2.75) is 19.1 Å². The van der Waals surface area contributed by atoms with Crippen molar-refractivity contribution in [3.63, 3.8) is 0 Å². The minimum atomic E-state index is -0.564. The Hall–Kier alpha value is -1.59. The van der Waals surface area contributed by atoms with Crippen molar-refractivity contribution in [1.29, 1.82) is 0 Å². The molecule has 1 aromatic carbocycles. The van der Waals surface area contributed by atoms with E-state index >= 15 is 0 Å². The second-order valence-electron chi connectivity index (χ2n) is 4.73. The predicted molar refractivity (Wildman–Crippen MR) is 67.6 cm³/mol. The van der Waals surface area contributed by atoms with Crippen LogP contribution in [0.15, 0.2) is 18.2 Å². The number of nitrogens with one attached hydrogen (secondary N) is 1. The standard InChI is InChI=1S/C13H18N2O3/c1-8-3-4-11(16)9(5-8)13(18)15(2)10-6-14-7-12(10)17/h3-5,10,12,14,16-17H,6-7H2,1-2H3/t10-,12-/m1/s1. The fourth-order valence-electron chi connectivity index (χ4n) is 2.21. The van der Waals surface area contributed by atoms with E-state index < -0.39 is 6.10 Å². The number of carbonyl (C=O) groups excluding carboxylic acids is 1. The Bertz CT molecular complexity index is 462.